The van der Waals surface area contributed by atoms with Crippen molar-refractivity contribution in [3.63, 3.8) is 0 Å². The molecule has 2 rings (SSSR count). The third-order valence-corrected chi connectivity index (χ3v) is 4.29. The zero-order valence-corrected chi connectivity index (χ0v) is 14.9. The molecule has 1 aromatic rings. The Balaban J connectivity index is 2.03. The van der Waals surface area contributed by atoms with E-state index in [1.165, 1.54) is 12.8 Å². The van der Waals surface area contributed by atoms with Gasteiger partial charge in [0, 0.05) is 6.54 Å². The Hall–Kier alpha value is -0.770. The molecule has 1 N–H and O–H groups in total. The maximum atomic E-state index is 10.6. The Bertz CT molecular complexity index is 492. The molecule has 0 bridgehead atoms. The number of nitrogens with zero attached hydrogens (tertiary/aromatic N) is 1. The van der Waals surface area contributed by atoms with Gasteiger partial charge in [-0.15, -0.1) is 0 Å². The van der Waals surface area contributed by atoms with Gasteiger partial charge in [0.1, 0.15) is 11.4 Å². The van der Waals surface area contributed by atoms with Gasteiger partial charge in [0.2, 0.25) is 0 Å². The van der Waals surface area contributed by atoms with Crippen LogP contribution in [0.25, 0.3) is 0 Å². The van der Waals surface area contributed by atoms with Crippen LogP contribution in [0.3, 0.4) is 0 Å². The summed E-state index contributed by atoms with van der Waals surface area (Å²) in [6, 6.07) is 5.60. The average Bonchev–Trinajstić information content (AvgIpc) is 2.91. The van der Waals surface area contributed by atoms with Crippen LogP contribution in [0, 0.1) is 5.92 Å². The molecule has 2 atom stereocenters. The number of likely N-dealkylation sites (tertiary alicyclic amines) is 1. The molecule has 22 heavy (non-hydrogen) atoms. The third-order valence-electron chi connectivity index (χ3n) is 4.00. The molecule has 1 heterocycles. The van der Waals surface area contributed by atoms with E-state index in [0.29, 0.717) is 10.8 Å². The molecule has 0 aromatic heterocycles. The quantitative estimate of drug-likeness (QED) is 0.877. The topological polar surface area (TPSA) is 32.7 Å². The highest BCUT2D eigenvalue weighted by Crippen LogP contribution is 2.32. The van der Waals surface area contributed by atoms with Crippen LogP contribution >= 0.6 is 11.6 Å². The molecule has 124 valence electrons. The van der Waals surface area contributed by atoms with Crippen molar-refractivity contribution in [2.24, 2.45) is 5.92 Å². The van der Waals surface area contributed by atoms with E-state index in [0.717, 1.165) is 25.2 Å². The number of ether oxygens (including phenoxy) is 1. The van der Waals surface area contributed by atoms with Crippen molar-refractivity contribution in [2.45, 2.75) is 52.2 Å². The second kappa shape index (κ2) is 7.20. The zero-order chi connectivity index (χ0) is 16.3. The van der Waals surface area contributed by atoms with Crippen molar-refractivity contribution in [3.8, 4) is 5.75 Å². The molecule has 0 amide bonds. The largest absolute Gasteiger partial charge is 0.487 e. The smallest absolute Gasteiger partial charge is 0.138 e. The van der Waals surface area contributed by atoms with E-state index in [4.69, 9.17) is 16.3 Å². The molecule has 0 saturated carbocycles. The summed E-state index contributed by atoms with van der Waals surface area (Å²) in [5.74, 6) is 0.848. The Kier molecular flexibility index (Phi) is 5.76. The number of halogens is 1. The summed E-state index contributed by atoms with van der Waals surface area (Å²) in [6.45, 7) is 11.3. The first-order valence-corrected chi connectivity index (χ1v) is 8.53. The fourth-order valence-corrected chi connectivity index (χ4v) is 3.14. The SMILES string of the molecule is C[C@H](CN1CCCC1)[C@H](O)c1ccc(OC(C)(C)C)c(Cl)c1. The molecule has 4 heteroatoms. The van der Waals surface area contributed by atoms with Crippen LogP contribution in [0.1, 0.15) is 52.2 Å². The monoisotopic (exact) mass is 325 g/mol. The van der Waals surface area contributed by atoms with Crippen LogP contribution in [0.5, 0.6) is 5.75 Å². The predicted octanol–water partition coefficient (Wildman–Crippen LogP) is 4.28. The minimum absolute atomic E-state index is 0.184. The summed E-state index contributed by atoms with van der Waals surface area (Å²) in [7, 11) is 0. The molecule has 1 fully saturated rings. The fourth-order valence-electron chi connectivity index (χ4n) is 2.91. The molecule has 0 radical (unpaired) electrons. The van der Waals surface area contributed by atoms with Gasteiger partial charge in [0.25, 0.3) is 0 Å². The lowest BCUT2D eigenvalue weighted by atomic mass is 9.97. The number of rotatable bonds is 5. The normalized spacial score (nSPS) is 19.2. The molecule has 0 spiro atoms. The first-order valence-electron chi connectivity index (χ1n) is 8.15. The van der Waals surface area contributed by atoms with Gasteiger partial charge in [-0.25, -0.2) is 0 Å². The van der Waals surface area contributed by atoms with Gasteiger partial charge >= 0.3 is 0 Å². The van der Waals surface area contributed by atoms with Crippen LogP contribution in [-0.2, 0) is 0 Å². The number of aliphatic hydroxyl groups excluding tert-OH is 1. The van der Waals surface area contributed by atoms with Gasteiger partial charge in [-0.1, -0.05) is 24.6 Å². The summed E-state index contributed by atoms with van der Waals surface area (Å²) < 4.78 is 5.81. The maximum Gasteiger partial charge on any atom is 0.138 e. The van der Waals surface area contributed by atoms with Crippen molar-refractivity contribution < 1.29 is 9.84 Å². The van der Waals surface area contributed by atoms with Gasteiger partial charge in [-0.05, 0) is 70.3 Å². The lowest BCUT2D eigenvalue weighted by Gasteiger charge is -2.26. The number of hydrogen-bond donors (Lipinski definition) is 1. The van der Waals surface area contributed by atoms with E-state index in [-0.39, 0.29) is 11.5 Å². The summed E-state index contributed by atoms with van der Waals surface area (Å²) in [6.07, 6.45) is 2.04. The summed E-state index contributed by atoms with van der Waals surface area (Å²) in [5, 5.41) is 11.1. The van der Waals surface area contributed by atoms with Gasteiger partial charge in [-0.3, -0.25) is 0 Å². The Labute approximate surface area is 139 Å². The van der Waals surface area contributed by atoms with E-state index in [1.807, 2.05) is 39.0 Å². The van der Waals surface area contributed by atoms with Crippen molar-refractivity contribution in [2.75, 3.05) is 19.6 Å². The molecule has 1 aromatic carbocycles. The van der Waals surface area contributed by atoms with E-state index in [9.17, 15) is 5.11 Å². The van der Waals surface area contributed by atoms with E-state index >= 15 is 0 Å². The predicted molar refractivity (Wildman–Crippen MR) is 91.6 cm³/mol. The molecule has 1 aliphatic heterocycles. The summed E-state index contributed by atoms with van der Waals surface area (Å²) in [5.41, 5.74) is 0.574. The number of hydrogen-bond acceptors (Lipinski definition) is 3. The minimum Gasteiger partial charge on any atom is -0.487 e. The number of benzene rings is 1. The Morgan fingerprint density at radius 3 is 2.45 bits per heavy atom. The lowest BCUT2D eigenvalue weighted by Crippen LogP contribution is -2.28. The molecular formula is C18H28ClNO2. The lowest BCUT2D eigenvalue weighted by molar-refractivity contribution is 0.0942. The van der Waals surface area contributed by atoms with Crippen molar-refractivity contribution in [3.05, 3.63) is 28.8 Å². The zero-order valence-electron chi connectivity index (χ0n) is 14.1. The van der Waals surface area contributed by atoms with Crippen LogP contribution in [0.4, 0.5) is 0 Å². The standard InChI is InChI=1S/C18H28ClNO2/c1-13(12-20-9-5-6-10-20)17(21)14-7-8-16(15(19)11-14)22-18(2,3)4/h7-8,11,13,17,21H,5-6,9-10,12H2,1-4H3/t13-,17+/m1/s1. The van der Waals surface area contributed by atoms with E-state index < -0.39 is 6.10 Å². The molecule has 0 aliphatic carbocycles. The molecule has 3 nitrogen and oxygen atoms in total. The Morgan fingerprint density at radius 1 is 1.27 bits per heavy atom. The van der Waals surface area contributed by atoms with Crippen LogP contribution in [0.2, 0.25) is 5.02 Å². The molecule has 1 saturated heterocycles. The highest BCUT2D eigenvalue weighted by atomic mass is 35.5. The molecule has 1 aliphatic rings. The minimum atomic E-state index is -0.498. The second-order valence-corrected chi connectivity index (χ2v) is 7.74. The van der Waals surface area contributed by atoms with Crippen LogP contribution in [0.15, 0.2) is 18.2 Å². The average molecular weight is 326 g/mol. The second-order valence-electron chi connectivity index (χ2n) is 7.33. The van der Waals surface area contributed by atoms with Gasteiger partial charge < -0.3 is 14.7 Å². The molecular weight excluding hydrogens is 298 g/mol. The highest BCUT2D eigenvalue weighted by molar-refractivity contribution is 6.32. The van der Waals surface area contributed by atoms with Crippen LogP contribution in [-0.4, -0.2) is 35.2 Å². The van der Waals surface area contributed by atoms with Crippen molar-refractivity contribution in [1.82, 2.24) is 4.90 Å². The van der Waals surface area contributed by atoms with E-state index in [2.05, 4.69) is 11.8 Å². The summed E-state index contributed by atoms with van der Waals surface area (Å²) >= 11 is 6.31. The third kappa shape index (κ3) is 4.87. The fraction of sp³-hybridized carbons (Fsp3) is 0.667. The Morgan fingerprint density at radius 2 is 1.91 bits per heavy atom. The van der Waals surface area contributed by atoms with Gasteiger partial charge in [0.15, 0.2) is 0 Å². The number of aliphatic hydroxyl groups is 1. The molecule has 0 unspecified atom stereocenters. The van der Waals surface area contributed by atoms with Gasteiger partial charge in [0.05, 0.1) is 11.1 Å². The van der Waals surface area contributed by atoms with Crippen molar-refractivity contribution >= 4 is 11.6 Å². The summed E-state index contributed by atoms with van der Waals surface area (Å²) in [4.78, 5) is 2.42. The first-order chi connectivity index (χ1) is 10.3. The maximum absolute atomic E-state index is 10.6. The first kappa shape index (κ1) is 17.6. The van der Waals surface area contributed by atoms with Gasteiger partial charge in [-0.2, -0.15) is 0 Å². The van der Waals surface area contributed by atoms with Crippen LogP contribution < -0.4 is 4.74 Å². The highest BCUT2D eigenvalue weighted by Gasteiger charge is 2.22. The van der Waals surface area contributed by atoms with E-state index in [1.54, 1.807) is 0 Å². The van der Waals surface area contributed by atoms with Crippen molar-refractivity contribution in [1.29, 1.82) is 0 Å².